The molecule has 2 aromatic carbocycles. The van der Waals surface area contributed by atoms with Gasteiger partial charge in [0.1, 0.15) is 5.75 Å². The fourth-order valence-corrected chi connectivity index (χ4v) is 4.84. The Morgan fingerprint density at radius 3 is 2.29 bits per heavy atom. The Morgan fingerprint density at radius 1 is 0.895 bits per heavy atom. The van der Waals surface area contributed by atoms with Gasteiger partial charge in [-0.2, -0.15) is 0 Å². The van der Waals surface area contributed by atoms with Crippen molar-refractivity contribution in [1.82, 2.24) is 9.88 Å². The lowest BCUT2D eigenvalue weighted by Gasteiger charge is -2.26. The Labute approximate surface area is 236 Å². The van der Waals surface area contributed by atoms with E-state index in [4.69, 9.17) is 33.7 Å². The van der Waals surface area contributed by atoms with Crippen LogP contribution in [0.25, 0.3) is 0 Å². The summed E-state index contributed by atoms with van der Waals surface area (Å²) in [5, 5.41) is 21.4. The first kappa shape index (κ1) is 30.2. The third-order valence-electron chi connectivity index (χ3n) is 6.50. The predicted octanol–water partition coefficient (Wildman–Crippen LogP) is 6.81. The van der Waals surface area contributed by atoms with Crippen LogP contribution in [0, 0.1) is 0 Å². The zero-order valence-corrected chi connectivity index (χ0v) is 23.4. The topological polar surface area (TPSA) is 91.8 Å². The molecule has 8 heteroatoms. The zero-order valence-electron chi connectivity index (χ0n) is 21.9. The molecule has 0 aliphatic rings. The van der Waals surface area contributed by atoms with Gasteiger partial charge in [0.15, 0.2) is 0 Å². The summed E-state index contributed by atoms with van der Waals surface area (Å²) in [5.74, 6) is 0.268. The van der Waals surface area contributed by atoms with Gasteiger partial charge < -0.3 is 20.7 Å². The monoisotopic (exact) mass is 559 g/mol. The number of nitrogen functional groups attached to an aromatic ring is 1. The van der Waals surface area contributed by atoms with Crippen molar-refractivity contribution >= 4 is 28.9 Å². The SMILES string of the molecule is Nc1c(Cl)cc(C(O)CN(CCCCCCOCCCCc2ncccc2O)Cc2ccccc2)cc1Cl. The maximum atomic E-state index is 10.9. The molecule has 3 rings (SSSR count). The number of nitrogens with zero attached hydrogens (tertiary/aromatic N) is 2. The first-order valence-electron chi connectivity index (χ1n) is 13.3. The van der Waals surface area contributed by atoms with Gasteiger partial charge in [-0.05, 0) is 74.0 Å². The van der Waals surface area contributed by atoms with Crippen LogP contribution in [0.5, 0.6) is 5.75 Å². The molecule has 0 fully saturated rings. The number of aliphatic hydroxyl groups is 1. The van der Waals surface area contributed by atoms with Crippen LogP contribution in [0.2, 0.25) is 10.0 Å². The molecule has 3 aromatic rings. The largest absolute Gasteiger partial charge is 0.506 e. The van der Waals surface area contributed by atoms with Gasteiger partial charge in [0.05, 0.1) is 27.5 Å². The van der Waals surface area contributed by atoms with E-state index in [9.17, 15) is 10.2 Å². The molecule has 4 N–H and O–H groups in total. The Kier molecular flexibility index (Phi) is 13.2. The van der Waals surface area contributed by atoms with Gasteiger partial charge in [-0.25, -0.2) is 0 Å². The number of halogens is 2. The summed E-state index contributed by atoms with van der Waals surface area (Å²) in [6.45, 7) is 3.61. The van der Waals surface area contributed by atoms with Gasteiger partial charge in [0, 0.05) is 32.5 Å². The highest BCUT2D eigenvalue weighted by Crippen LogP contribution is 2.31. The molecule has 0 aliphatic heterocycles. The van der Waals surface area contributed by atoms with Crippen molar-refractivity contribution in [2.45, 2.75) is 57.6 Å². The van der Waals surface area contributed by atoms with E-state index in [2.05, 4.69) is 22.0 Å². The van der Waals surface area contributed by atoms with E-state index < -0.39 is 6.10 Å². The van der Waals surface area contributed by atoms with E-state index in [0.29, 0.717) is 27.8 Å². The molecule has 0 spiro atoms. The number of rotatable bonds is 17. The van der Waals surface area contributed by atoms with Gasteiger partial charge in [-0.1, -0.05) is 66.4 Å². The minimum atomic E-state index is -0.718. The number of nitrogens with two attached hydrogens (primary N) is 1. The fraction of sp³-hybridized carbons (Fsp3) is 0.433. The molecule has 0 amide bonds. The molecule has 206 valence electrons. The van der Waals surface area contributed by atoms with Gasteiger partial charge >= 0.3 is 0 Å². The van der Waals surface area contributed by atoms with Crippen molar-refractivity contribution in [3.63, 3.8) is 0 Å². The average Bonchev–Trinajstić information content (AvgIpc) is 2.91. The quantitative estimate of drug-likeness (QED) is 0.124. The van der Waals surface area contributed by atoms with Gasteiger partial charge in [0.2, 0.25) is 0 Å². The lowest BCUT2D eigenvalue weighted by Crippen LogP contribution is -2.29. The van der Waals surface area contributed by atoms with Crippen LogP contribution < -0.4 is 5.73 Å². The molecule has 6 nitrogen and oxygen atoms in total. The lowest BCUT2D eigenvalue weighted by molar-refractivity contribution is 0.107. The van der Waals surface area contributed by atoms with Crippen LogP contribution in [0.4, 0.5) is 5.69 Å². The Bertz CT molecular complexity index is 1080. The van der Waals surface area contributed by atoms with E-state index in [1.807, 2.05) is 18.2 Å². The molecule has 1 heterocycles. The third kappa shape index (κ3) is 10.4. The smallest absolute Gasteiger partial charge is 0.137 e. The van der Waals surface area contributed by atoms with Crippen LogP contribution in [-0.2, 0) is 17.7 Å². The zero-order chi connectivity index (χ0) is 27.2. The van der Waals surface area contributed by atoms with E-state index in [-0.39, 0.29) is 5.75 Å². The second-order valence-electron chi connectivity index (χ2n) is 9.59. The van der Waals surface area contributed by atoms with Crippen molar-refractivity contribution in [3.8, 4) is 5.75 Å². The number of aryl methyl sites for hydroxylation is 1. The molecular weight excluding hydrogens is 521 g/mol. The minimum absolute atomic E-state index is 0.268. The summed E-state index contributed by atoms with van der Waals surface area (Å²) < 4.78 is 5.78. The summed E-state index contributed by atoms with van der Waals surface area (Å²) in [6, 6.07) is 17.1. The molecule has 38 heavy (non-hydrogen) atoms. The van der Waals surface area contributed by atoms with Crippen LogP contribution in [-0.4, -0.2) is 46.4 Å². The maximum absolute atomic E-state index is 10.9. The number of ether oxygens (including phenoxy) is 1. The lowest BCUT2D eigenvalue weighted by atomic mass is 10.1. The number of hydrogen-bond acceptors (Lipinski definition) is 6. The van der Waals surface area contributed by atoms with Crippen molar-refractivity contribution in [1.29, 1.82) is 0 Å². The number of anilines is 1. The van der Waals surface area contributed by atoms with Gasteiger partial charge in [0.25, 0.3) is 0 Å². The van der Waals surface area contributed by atoms with E-state index in [1.165, 1.54) is 5.56 Å². The van der Waals surface area contributed by atoms with Crippen molar-refractivity contribution in [2.24, 2.45) is 0 Å². The first-order chi connectivity index (χ1) is 18.4. The Morgan fingerprint density at radius 2 is 1.58 bits per heavy atom. The fourth-order valence-electron chi connectivity index (χ4n) is 4.34. The molecule has 1 unspecified atom stereocenters. The predicted molar refractivity (Wildman–Crippen MR) is 156 cm³/mol. The average molecular weight is 561 g/mol. The highest BCUT2D eigenvalue weighted by Gasteiger charge is 2.17. The van der Waals surface area contributed by atoms with Crippen molar-refractivity contribution in [2.75, 3.05) is 32.0 Å². The second kappa shape index (κ2) is 16.6. The number of aromatic nitrogens is 1. The van der Waals surface area contributed by atoms with Crippen LogP contribution in [0.15, 0.2) is 60.8 Å². The molecule has 1 atom stereocenters. The highest BCUT2D eigenvalue weighted by atomic mass is 35.5. The van der Waals surface area contributed by atoms with Crippen LogP contribution in [0.3, 0.4) is 0 Å². The first-order valence-corrected chi connectivity index (χ1v) is 14.1. The summed E-state index contributed by atoms with van der Waals surface area (Å²) in [5.41, 5.74) is 8.81. The number of pyridine rings is 1. The Balaban J connectivity index is 1.34. The molecular formula is C30H39Cl2N3O3. The van der Waals surface area contributed by atoms with Crippen molar-refractivity contribution < 1.29 is 14.9 Å². The number of benzene rings is 2. The molecule has 1 aromatic heterocycles. The number of aromatic hydroxyl groups is 1. The highest BCUT2D eigenvalue weighted by molar-refractivity contribution is 6.38. The normalized spacial score (nSPS) is 12.2. The molecule has 0 saturated carbocycles. The number of hydrogen-bond donors (Lipinski definition) is 3. The maximum Gasteiger partial charge on any atom is 0.137 e. The minimum Gasteiger partial charge on any atom is -0.506 e. The van der Waals surface area contributed by atoms with Crippen molar-refractivity contribution in [3.05, 3.63) is 87.7 Å². The van der Waals surface area contributed by atoms with E-state index in [1.54, 1.807) is 30.5 Å². The van der Waals surface area contributed by atoms with Crippen LogP contribution >= 0.6 is 23.2 Å². The summed E-state index contributed by atoms with van der Waals surface area (Å²) in [4.78, 5) is 6.48. The molecule has 0 bridgehead atoms. The second-order valence-corrected chi connectivity index (χ2v) is 10.4. The summed E-state index contributed by atoms with van der Waals surface area (Å²) in [7, 11) is 0. The van der Waals surface area contributed by atoms with E-state index in [0.717, 1.165) is 76.9 Å². The Hall–Kier alpha value is -2.35. The van der Waals surface area contributed by atoms with Gasteiger partial charge in [-0.15, -0.1) is 0 Å². The molecule has 0 saturated heterocycles. The summed E-state index contributed by atoms with van der Waals surface area (Å²) >= 11 is 12.4. The summed E-state index contributed by atoms with van der Waals surface area (Å²) in [6.07, 6.45) is 7.93. The standard InChI is InChI=1S/C30H39Cl2N3O3/c31-25-19-24(20-26(32)30(25)33)29(37)22-35(21-23-11-4-3-5-12-23)16-7-1-2-8-17-38-18-9-6-13-27-28(36)14-10-15-34-27/h3-5,10-12,14-15,19-20,29,36-37H,1-2,6-9,13,16-18,21-22,33H2. The number of aliphatic hydroxyl groups excluding tert-OH is 1. The van der Waals surface area contributed by atoms with Gasteiger partial charge in [-0.3, -0.25) is 9.88 Å². The number of unbranched alkanes of at least 4 members (excludes halogenated alkanes) is 4. The van der Waals surface area contributed by atoms with Crippen LogP contribution in [0.1, 0.15) is 61.4 Å². The molecule has 0 aliphatic carbocycles. The van der Waals surface area contributed by atoms with E-state index >= 15 is 0 Å². The third-order valence-corrected chi connectivity index (χ3v) is 7.12. The molecule has 0 radical (unpaired) electrons.